The minimum Gasteiger partial charge on any atom is -0.349 e. The van der Waals surface area contributed by atoms with Crippen molar-refractivity contribution in [2.75, 3.05) is 14.1 Å². The number of carbonyl (C=O) groups excluding carboxylic acids is 1. The summed E-state index contributed by atoms with van der Waals surface area (Å²) in [6.45, 7) is 0. The van der Waals surface area contributed by atoms with Gasteiger partial charge in [0.15, 0.2) is 5.82 Å². The smallest absolute Gasteiger partial charge is 0.222 e. The van der Waals surface area contributed by atoms with Crippen LogP contribution in [-0.2, 0) is 11.2 Å². The Balaban J connectivity index is 1.79. The van der Waals surface area contributed by atoms with E-state index >= 15 is 0 Å². The number of rotatable bonds is 5. The highest BCUT2D eigenvalue weighted by atomic mass is 16.2. The Morgan fingerprint density at radius 2 is 2.16 bits per heavy atom. The van der Waals surface area contributed by atoms with Gasteiger partial charge in [-0.05, 0) is 42.4 Å². The largest absolute Gasteiger partial charge is 0.349 e. The van der Waals surface area contributed by atoms with Crippen molar-refractivity contribution < 1.29 is 4.79 Å². The van der Waals surface area contributed by atoms with Crippen LogP contribution in [0.25, 0.3) is 22.4 Å². The molecule has 5 nitrogen and oxygen atoms in total. The van der Waals surface area contributed by atoms with E-state index < -0.39 is 0 Å². The van der Waals surface area contributed by atoms with Gasteiger partial charge in [0.1, 0.15) is 5.69 Å². The number of aromatic nitrogens is 3. The van der Waals surface area contributed by atoms with Gasteiger partial charge < -0.3 is 9.88 Å². The molecule has 128 valence electrons. The van der Waals surface area contributed by atoms with Gasteiger partial charge in [0.2, 0.25) is 5.91 Å². The van der Waals surface area contributed by atoms with Gasteiger partial charge in [0.05, 0.1) is 5.52 Å². The van der Waals surface area contributed by atoms with Crippen molar-refractivity contribution in [3.63, 3.8) is 0 Å². The summed E-state index contributed by atoms with van der Waals surface area (Å²) in [7, 11) is 3.59. The molecular weight excluding hydrogens is 312 g/mol. The molecule has 0 aliphatic heterocycles. The van der Waals surface area contributed by atoms with Gasteiger partial charge in [-0.2, -0.15) is 0 Å². The highest BCUT2D eigenvalue weighted by molar-refractivity contribution is 5.88. The van der Waals surface area contributed by atoms with E-state index in [1.165, 1.54) is 23.8 Å². The number of H-pyrrole nitrogens is 1. The predicted molar refractivity (Wildman–Crippen MR) is 98.3 cm³/mol. The lowest BCUT2D eigenvalue weighted by Gasteiger charge is -2.13. The average molecular weight is 334 g/mol. The van der Waals surface area contributed by atoms with Gasteiger partial charge in [-0.1, -0.05) is 18.2 Å². The monoisotopic (exact) mass is 334 g/mol. The lowest BCUT2D eigenvalue weighted by atomic mass is 9.98. The predicted octanol–water partition coefficient (Wildman–Crippen LogP) is 3.52. The molecule has 0 spiro atoms. The van der Waals surface area contributed by atoms with Gasteiger partial charge in [0, 0.05) is 38.3 Å². The third-order valence-corrected chi connectivity index (χ3v) is 4.82. The Bertz CT molecular complexity index is 911. The standard InChI is InChI=1S/C20H22N4O/c1-24(2)18(25)9-8-14-4-3-5-15-16(13-6-7-13)12-17(23-19(14)15)20-21-10-11-22-20/h3-5,10-13H,6-9H2,1-2H3,(H,21,22). The number of aromatic amines is 1. The maximum absolute atomic E-state index is 12.0. The number of hydrogen-bond donors (Lipinski definition) is 1. The van der Waals surface area contributed by atoms with Crippen LogP contribution in [0.4, 0.5) is 0 Å². The van der Waals surface area contributed by atoms with Crippen molar-refractivity contribution in [1.82, 2.24) is 19.9 Å². The molecule has 1 N–H and O–H groups in total. The zero-order valence-electron chi connectivity index (χ0n) is 14.6. The minimum atomic E-state index is 0.140. The molecule has 0 unspecified atom stereocenters. The lowest BCUT2D eigenvalue weighted by Crippen LogP contribution is -2.21. The Kier molecular flexibility index (Phi) is 3.99. The first-order valence-corrected chi connectivity index (χ1v) is 8.76. The lowest BCUT2D eigenvalue weighted by molar-refractivity contribution is -0.128. The molecule has 1 aliphatic carbocycles. The average Bonchev–Trinajstić information content (AvgIpc) is 3.32. The number of pyridine rings is 1. The quantitative estimate of drug-likeness (QED) is 0.776. The van der Waals surface area contributed by atoms with E-state index in [0.29, 0.717) is 18.8 Å². The van der Waals surface area contributed by atoms with Gasteiger partial charge in [-0.3, -0.25) is 4.79 Å². The van der Waals surface area contributed by atoms with Gasteiger partial charge >= 0.3 is 0 Å². The first kappa shape index (κ1) is 15.8. The summed E-state index contributed by atoms with van der Waals surface area (Å²) in [5.74, 6) is 1.56. The molecule has 1 aromatic carbocycles. The van der Waals surface area contributed by atoms with E-state index in [0.717, 1.165) is 22.6 Å². The molecule has 1 amide bonds. The molecule has 3 aromatic rings. The molecule has 1 aliphatic rings. The van der Waals surface area contributed by atoms with Crippen LogP contribution in [0.1, 0.15) is 36.3 Å². The Hall–Kier alpha value is -2.69. The fourth-order valence-electron chi connectivity index (χ4n) is 3.26. The van der Waals surface area contributed by atoms with Crippen LogP contribution >= 0.6 is 0 Å². The van der Waals surface area contributed by atoms with Crippen molar-refractivity contribution in [2.45, 2.75) is 31.6 Å². The van der Waals surface area contributed by atoms with Crippen LogP contribution in [-0.4, -0.2) is 39.9 Å². The molecule has 0 bridgehead atoms. The van der Waals surface area contributed by atoms with Crippen molar-refractivity contribution in [1.29, 1.82) is 0 Å². The van der Waals surface area contributed by atoms with Crippen LogP contribution in [0.15, 0.2) is 36.7 Å². The molecule has 1 saturated carbocycles. The maximum atomic E-state index is 12.0. The maximum Gasteiger partial charge on any atom is 0.222 e. The zero-order chi connectivity index (χ0) is 17.4. The Morgan fingerprint density at radius 3 is 2.84 bits per heavy atom. The summed E-state index contributed by atoms with van der Waals surface area (Å²) in [4.78, 5) is 26.0. The summed E-state index contributed by atoms with van der Waals surface area (Å²) >= 11 is 0. The summed E-state index contributed by atoms with van der Waals surface area (Å²) in [5, 5.41) is 1.22. The number of para-hydroxylation sites is 1. The van der Waals surface area contributed by atoms with Crippen LogP contribution in [0.3, 0.4) is 0 Å². The number of imidazole rings is 1. The fraction of sp³-hybridized carbons (Fsp3) is 0.350. The van der Waals surface area contributed by atoms with E-state index in [2.05, 4.69) is 34.2 Å². The van der Waals surface area contributed by atoms with E-state index in [1.54, 1.807) is 25.2 Å². The molecule has 2 aromatic heterocycles. The number of nitrogens with zero attached hydrogens (tertiary/aromatic N) is 3. The van der Waals surface area contributed by atoms with Crippen LogP contribution < -0.4 is 0 Å². The van der Waals surface area contributed by atoms with Crippen molar-refractivity contribution in [3.05, 3.63) is 47.8 Å². The molecule has 2 heterocycles. The van der Waals surface area contributed by atoms with Crippen molar-refractivity contribution in [2.24, 2.45) is 0 Å². The van der Waals surface area contributed by atoms with E-state index in [4.69, 9.17) is 4.98 Å². The number of amides is 1. The molecular formula is C20H22N4O. The molecule has 5 heteroatoms. The number of fused-ring (bicyclic) bond motifs is 1. The second-order valence-electron chi connectivity index (χ2n) is 6.91. The molecule has 0 radical (unpaired) electrons. The Labute approximate surface area is 147 Å². The van der Waals surface area contributed by atoms with E-state index in [9.17, 15) is 4.79 Å². The zero-order valence-corrected chi connectivity index (χ0v) is 14.6. The molecule has 0 atom stereocenters. The van der Waals surface area contributed by atoms with E-state index in [-0.39, 0.29) is 5.91 Å². The van der Waals surface area contributed by atoms with Gasteiger partial charge in [-0.15, -0.1) is 0 Å². The van der Waals surface area contributed by atoms with Crippen molar-refractivity contribution in [3.8, 4) is 11.5 Å². The summed E-state index contributed by atoms with van der Waals surface area (Å²) < 4.78 is 0. The third kappa shape index (κ3) is 3.14. The fourth-order valence-corrected chi connectivity index (χ4v) is 3.26. The second kappa shape index (κ2) is 6.31. The van der Waals surface area contributed by atoms with Gasteiger partial charge in [-0.25, -0.2) is 9.97 Å². The minimum absolute atomic E-state index is 0.140. The summed E-state index contributed by atoms with van der Waals surface area (Å²) in [5.41, 5.74) is 4.37. The molecule has 0 saturated heterocycles. The number of aryl methyl sites for hydroxylation is 1. The van der Waals surface area contributed by atoms with Crippen LogP contribution in [0, 0.1) is 0 Å². The number of hydrogen-bond acceptors (Lipinski definition) is 3. The molecule has 4 rings (SSSR count). The van der Waals surface area contributed by atoms with Crippen LogP contribution in [0.2, 0.25) is 0 Å². The SMILES string of the molecule is CN(C)C(=O)CCc1cccc2c(C3CC3)cc(-c3ncc[nH]3)nc12. The number of benzene rings is 1. The highest BCUT2D eigenvalue weighted by Gasteiger charge is 2.27. The number of nitrogens with one attached hydrogen (secondary N) is 1. The molecule has 1 fully saturated rings. The first-order chi connectivity index (χ1) is 12.1. The topological polar surface area (TPSA) is 61.9 Å². The first-order valence-electron chi connectivity index (χ1n) is 8.76. The molecule has 25 heavy (non-hydrogen) atoms. The Morgan fingerprint density at radius 1 is 1.32 bits per heavy atom. The van der Waals surface area contributed by atoms with Crippen LogP contribution in [0.5, 0.6) is 0 Å². The highest BCUT2D eigenvalue weighted by Crippen LogP contribution is 2.44. The normalized spacial score (nSPS) is 14.0. The van der Waals surface area contributed by atoms with Crippen molar-refractivity contribution >= 4 is 16.8 Å². The second-order valence-corrected chi connectivity index (χ2v) is 6.91. The van der Waals surface area contributed by atoms with Gasteiger partial charge in [0.25, 0.3) is 0 Å². The third-order valence-electron chi connectivity index (χ3n) is 4.82. The number of carbonyl (C=O) groups is 1. The van der Waals surface area contributed by atoms with E-state index in [1.807, 2.05) is 6.20 Å². The summed E-state index contributed by atoms with van der Waals surface area (Å²) in [6, 6.07) is 8.49. The summed E-state index contributed by atoms with van der Waals surface area (Å²) in [6.07, 6.45) is 7.24.